The lowest BCUT2D eigenvalue weighted by Crippen LogP contribution is -2.29. The quantitative estimate of drug-likeness (QED) is 0.312. The molecule has 0 amide bonds. The number of carbonyl (C=O) groups is 1. The summed E-state index contributed by atoms with van der Waals surface area (Å²) in [7, 11) is 0. The van der Waals surface area contributed by atoms with Crippen LogP contribution in [-0.2, 0) is 11.2 Å². The molecule has 37 heavy (non-hydrogen) atoms. The van der Waals surface area contributed by atoms with Crippen molar-refractivity contribution in [1.29, 1.82) is 0 Å². The van der Waals surface area contributed by atoms with Crippen LogP contribution in [0.1, 0.15) is 31.4 Å². The van der Waals surface area contributed by atoms with Crippen molar-refractivity contribution in [2.45, 2.75) is 38.4 Å². The Balaban J connectivity index is 0.000000405. The van der Waals surface area contributed by atoms with Crippen molar-refractivity contribution < 1.29 is 32.6 Å². The smallest absolute Gasteiger partial charge is 0.490 e. The number of hydrogen-bond donors (Lipinski definition) is 4. The van der Waals surface area contributed by atoms with Crippen LogP contribution < -0.4 is 11.1 Å². The van der Waals surface area contributed by atoms with Gasteiger partial charge in [0.1, 0.15) is 11.3 Å². The summed E-state index contributed by atoms with van der Waals surface area (Å²) < 4.78 is 39.7. The number of nitrogens with two attached hydrogens (primary N) is 1. The van der Waals surface area contributed by atoms with E-state index < -0.39 is 12.1 Å². The third-order valence-corrected chi connectivity index (χ3v) is 6.00. The monoisotopic (exact) mass is 518 g/mol. The molecule has 0 spiro atoms. The highest BCUT2D eigenvalue weighted by molar-refractivity contribution is 5.85. The Bertz CT molecular complexity index is 1410. The third kappa shape index (κ3) is 5.66. The first-order chi connectivity index (χ1) is 17.6. The van der Waals surface area contributed by atoms with Crippen LogP contribution in [0.3, 0.4) is 0 Å². The highest BCUT2D eigenvalue weighted by Gasteiger charge is 2.38. The van der Waals surface area contributed by atoms with Crippen molar-refractivity contribution in [2.24, 2.45) is 0 Å². The lowest BCUT2D eigenvalue weighted by molar-refractivity contribution is -0.192. The second kappa shape index (κ2) is 10.5. The second-order valence-corrected chi connectivity index (χ2v) is 8.44. The van der Waals surface area contributed by atoms with Gasteiger partial charge in [-0.1, -0.05) is 13.0 Å². The molecule has 5 N–H and O–H groups in total. The number of carboxylic acid groups (broad SMARTS) is 1. The fourth-order valence-corrected chi connectivity index (χ4v) is 3.98. The number of aryl methyl sites for hydroxylation is 1. The number of aromatic hydroxyl groups is 1. The van der Waals surface area contributed by atoms with Gasteiger partial charge in [0.05, 0.1) is 17.8 Å². The van der Waals surface area contributed by atoms with Crippen molar-refractivity contribution in [3.63, 3.8) is 0 Å². The number of hydrogen-bond acceptors (Lipinski definition) is 8. The van der Waals surface area contributed by atoms with Gasteiger partial charge in [-0.05, 0) is 50.0 Å². The van der Waals surface area contributed by atoms with Gasteiger partial charge < -0.3 is 25.7 Å². The molecule has 1 fully saturated rings. The normalized spacial score (nSPS) is 14.4. The number of nitrogen functional groups attached to an aromatic ring is 1. The maximum Gasteiger partial charge on any atom is 0.490 e. The Morgan fingerprint density at radius 1 is 1.24 bits per heavy atom. The largest absolute Gasteiger partial charge is 0.504 e. The number of carboxylic acids is 1. The average molecular weight is 518 g/mol. The number of phenols is 1. The second-order valence-electron chi connectivity index (χ2n) is 8.44. The first-order valence-corrected chi connectivity index (χ1v) is 11.5. The van der Waals surface area contributed by atoms with Crippen molar-refractivity contribution in [1.82, 2.24) is 25.1 Å². The number of nitrogens with one attached hydrogen (secondary N) is 1. The molecule has 1 saturated heterocycles. The average Bonchev–Trinajstić information content (AvgIpc) is 3.53. The number of benzene rings is 1. The van der Waals surface area contributed by atoms with Crippen LogP contribution in [0.15, 0.2) is 41.2 Å². The van der Waals surface area contributed by atoms with Gasteiger partial charge >= 0.3 is 12.1 Å². The van der Waals surface area contributed by atoms with Gasteiger partial charge in [0.25, 0.3) is 0 Å². The number of piperidine rings is 1. The van der Waals surface area contributed by atoms with Crippen LogP contribution in [0.25, 0.3) is 33.7 Å². The van der Waals surface area contributed by atoms with Crippen LogP contribution in [0, 0.1) is 0 Å². The predicted octanol–water partition coefficient (Wildman–Crippen LogP) is 4.16. The highest BCUT2D eigenvalue weighted by Crippen LogP contribution is 2.36. The summed E-state index contributed by atoms with van der Waals surface area (Å²) in [4.78, 5) is 17.8. The van der Waals surface area contributed by atoms with E-state index in [1.807, 2.05) is 36.0 Å². The molecule has 196 valence electrons. The molecule has 4 heterocycles. The van der Waals surface area contributed by atoms with Crippen molar-refractivity contribution in [3.05, 3.63) is 42.4 Å². The highest BCUT2D eigenvalue weighted by atomic mass is 19.4. The summed E-state index contributed by atoms with van der Waals surface area (Å²) in [6.07, 6.45) is 3.40. The zero-order valence-electron chi connectivity index (χ0n) is 19.8. The minimum atomic E-state index is -5.08. The number of oxazole rings is 1. The van der Waals surface area contributed by atoms with Crippen LogP contribution >= 0.6 is 0 Å². The Kier molecular flexibility index (Phi) is 7.34. The molecule has 3 aromatic heterocycles. The van der Waals surface area contributed by atoms with Crippen molar-refractivity contribution in [2.75, 3.05) is 18.8 Å². The summed E-state index contributed by atoms with van der Waals surface area (Å²) >= 11 is 0. The van der Waals surface area contributed by atoms with Crippen molar-refractivity contribution in [3.8, 4) is 28.3 Å². The molecule has 1 aromatic carbocycles. The zero-order chi connectivity index (χ0) is 26.7. The van der Waals surface area contributed by atoms with Gasteiger partial charge in [-0.15, -0.1) is 0 Å². The summed E-state index contributed by atoms with van der Waals surface area (Å²) in [5.41, 5.74) is 10.4. The minimum absolute atomic E-state index is 0.125. The number of phenolic OH excluding ortho intramolecular Hbond substituents is 1. The summed E-state index contributed by atoms with van der Waals surface area (Å²) in [6.45, 7) is 4.00. The van der Waals surface area contributed by atoms with Gasteiger partial charge in [-0.2, -0.15) is 18.3 Å². The first kappa shape index (κ1) is 25.9. The van der Waals surface area contributed by atoms with Gasteiger partial charge in [-0.25, -0.2) is 14.8 Å². The Labute approximate surface area is 208 Å². The molecule has 0 unspecified atom stereocenters. The topological polar surface area (TPSA) is 152 Å². The van der Waals surface area contributed by atoms with E-state index in [2.05, 4.69) is 26.6 Å². The SMILES string of the molecule is CCc1ccc2nc(-c3cc(-c4cnn(C5CCNCC5)c4)cnc3N)oc2c1O.O=C(O)C(F)(F)F. The predicted molar refractivity (Wildman–Crippen MR) is 129 cm³/mol. The molecule has 0 aliphatic carbocycles. The van der Waals surface area contributed by atoms with E-state index in [0.717, 1.165) is 42.6 Å². The van der Waals surface area contributed by atoms with E-state index in [1.54, 1.807) is 6.20 Å². The molecular formula is C24H25F3N6O4. The molecule has 1 aliphatic heterocycles. The van der Waals surface area contributed by atoms with E-state index in [9.17, 15) is 18.3 Å². The number of halogens is 3. The van der Waals surface area contributed by atoms with E-state index in [4.69, 9.17) is 20.1 Å². The molecule has 0 radical (unpaired) electrons. The molecule has 4 aromatic rings. The molecule has 0 saturated carbocycles. The number of nitrogens with zero attached hydrogens (tertiary/aromatic N) is 4. The molecule has 10 nitrogen and oxygen atoms in total. The molecule has 1 aliphatic rings. The summed E-state index contributed by atoms with van der Waals surface area (Å²) in [5.74, 6) is -1.97. The molecule has 0 atom stereocenters. The molecule has 0 bridgehead atoms. The molecule has 13 heteroatoms. The van der Waals surface area contributed by atoms with Gasteiger partial charge in [-0.3, -0.25) is 4.68 Å². The number of alkyl halides is 3. The van der Waals surface area contributed by atoms with Gasteiger partial charge in [0, 0.05) is 23.5 Å². The maximum absolute atomic E-state index is 10.6. The minimum Gasteiger partial charge on any atom is -0.504 e. The van der Waals surface area contributed by atoms with E-state index in [0.29, 0.717) is 40.8 Å². The van der Waals surface area contributed by atoms with Crippen molar-refractivity contribution >= 4 is 22.9 Å². The lowest BCUT2D eigenvalue weighted by Gasteiger charge is -2.22. The van der Waals surface area contributed by atoms with Gasteiger partial charge in [0.15, 0.2) is 11.3 Å². The Morgan fingerprint density at radius 2 is 1.95 bits per heavy atom. The Morgan fingerprint density at radius 3 is 2.59 bits per heavy atom. The number of anilines is 1. The lowest BCUT2D eigenvalue weighted by atomic mass is 10.1. The number of aliphatic carboxylic acids is 1. The van der Waals surface area contributed by atoms with Crippen LogP contribution in [0.4, 0.5) is 19.0 Å². The number of rotatable bonds is 4. The maximum atomic E-state index is 10.6. The zero-order valence-corrected chi connectivity index (χ0v) is 19.8. The number of fused-ring (bicyclic) bond motifs is 1. The van der Waals surface area contributed by atoms with Crippen LogP contribution in [0.5, 0.6) is 5.75 Å². The Hall–Kier alpha value is -4.13. The fraction of sp³-hybridized carbons (Fsp3) is 0.333. The standard InChI is InChI=1S/C22H24N6O2.C2HF3O2/c1-2-13-3-4-18-20(19(13)29)30-22(27-18)17-9-14(10-25-21(17)23)15-11-26-28(12-15)16-5-7-24-8-6-16;3-2(4,5)1(6)7/h3-4,9-12,16,24,29H,2,5-8H2,1H3,(H2,23,25);(H,6,7). The molecular weight excluding hydrogens is 493 g/mol. The van der Waals surface area contributed by atoms with E-state index >= 15 is 0 Å². The van der Waals surface area contributed by atoms with E-state index in [-0.39, 0.29) is 5.75 Å². The first-order valence-electron chi connectivity index (χ1n) is 11.5. The fourth-order valence-electron chi connectivity index (χ4n) is 3.98. The van der Waals surface area contributed by atoms with Gasteiger partial charge in [0.2, 0.25) is 5.89 Å². The summed E-state index contributed by atoms with van der Waals surface area (Å²) in [5, 5.41) is 25.5. The van der Waals surface area contributed by atoms with Crippen LogP contribution in [-0.4, -0.2) is 55.2 Å². The number of pyridine rings is 1. The van der Waals surface area contributed by atoms with E-state index in [1.165, 1.54) is 0 Å². The van der Waals surface area contributed by atoms with Crippen LogP contribution in [0.2, 0.25) is 0 Å². The molecule has 5 rings (SSSR count). The number of aromatic nitrogens is 4. The summed E-state index contributed by atoms with van der Waals surface area (Å²) in [6, 6.07) is 6.03. The third-order valence-electron chi connectivity index (χ3n) is 6.00.